The summed E-state index contributed by atoms with van der Waals surface area (Å²) in [6.07, 6.45) is 12.2. The molecule has 0 radical (unpaired) electrons. The third kappa shape index (κ3) is 13.6. The highest BCUT2D eigenvalue weighted by Gasteiger charge is 2.57. The van der Waals surface area contributed by atoms with E-state index in [-0.39, 0.29) is 53.6 Å². The van der Waals surface area contributed by atoms with Crippen LogP contribution in [0.5, 0.6) is 0 Å². The van der Waals surface area contributed by atoms with Crippen molar-refractivity contribution >= 4 is 47.6 Å². The molecule has 17 atom stereocenters. The van der Waals surface area contributed by atoms with E-state index in [0.717, 1.165) is 18.4 Å². The number of methoxy groups -OCH3 is 3. The maximum atomic E-state index is 14.5. The monoisotopic (exact) mass is 975 g/mol. The van der Waals surface area contributed by atoms with Crippen molar-refractivity contribution in [1.29, 1.82) is 0 Å². The number of piperidine rings is 1. The number of carbonyl (C=O) groups excluding carboxylic acids is 5. The maximum absolute atomic E-state index is 14.5. The number of aliphatic hydroxyl groups is 2. The van der Waals surface area contributed by atoms with Crippen LogP contribution >= 0.6 is 18.4 Å². The molecule has 16 heteroatoms. The van der Waals surface area contributed by atoms with Gasteiger partial charge in [0.1, 0.15) is 37.1 Å². The molecule has 0 spiro atoms. The van der Waals surface area contributed by atoms with E-state index >= 15 is 0 Å². The topological polar surface area (TPSA) is 192 Å². The number of amides is 1. The van der Waals surface area contributed by atoms with E-state index in [1.165, 1.54) is 23.4 Å². The first-order valence-corrected chi connectivity index (χ1v) is 27.9. The van der Waals surface area contributed by atoms with Crippen LogP contribution in [0.4, 0.5) is 0 Å². The van der Waals surface area contributed by atoms with E-state index in [1.54, 1.807) is 47.7 Å². The molecular weight excluding hydrogens is 898 g/mol. The number of hydrogen-bond donors (Lipinski definition) is 2. The smallest absolute Gasteiger partial charge is 0.329 e. The Morgan fingerprint density at radius 3 is 2.30 bits per heavy atom. The molecule has 0 aromatic carbocycles. The van der Waals surface area contributed by atoms with E-state index in [1.807, 2.05) is 51.2 Å². The molecule has 5 aliphatic rings. The van der Waals surface area contributed by atoms with Gasteiger partial charge in [0.15, 0.2) is 5.78 Å². The zero-order chi connectivity index (χ0) is 49.3. The van der Waals surface area contributed by atoms with Crippen molar-refractivity contribution in [2.75, 3.05) is 34.5 Å². The Kier molecular flexibility index (Phi) is 20.5. The van der Waals surface area contributed by atoms with Gasteiger partial charge in [0.05, 0.1) is 18.3 Å². The number of nitrogens with zero attached hydrogens (tertiary/aromatic N) is 1. The molecule has 4 aliphatic heterocycles. The van der Waals surface area contributed by atoms with E-state index in [2.05, 4.69) is 0 Å². The van der Waals surface area contributed by atoms with Gasteiger partial charge < -0.3 is 43.4 Å². The summed E-state index contributed by atoms with van der Waals surface area (Å²) in [5.74, 6) is -8.34. The van der Waals surface area contributed by atoms with E-state index in [4.69, 9.17) is 23.7 Å². The van der Waals surface area contributed by atoms with Gasteiger partial charge in [-0.15, -0.1) is 0 Å². The standard InChI is InChI=1S/C51H78NO13PS/c1-29-15-12-11-13-16-30(2)40(61-7)27-36-20-18-34(6)51(59,65-36)48(56)49(57)52-22-14-17-37-38(25-35-19-21-43(67-66(10)60)42(26-35)62-8)41(64-50(58)44(37)52)28-39(53)31(3)24-33(5)46(55)47(63-9)45(54)32(4)23-29/h11-13,15-16,24,29,31-32,34-38,40-44,46-47,55,59,66H,14,17-23,25-28H2,1-10H3/b13-11+,15-12+,30-16+,33-24+/t29?,31?,32?,34?,35?,36-,37?,38-,40-,41-,42?,43?,44?,46?,47-,51?/m0/s1. The maximum Gasteiger partial charge on any atom is 0.329 e. The summed E-state index contributed by atoms with van der Waals surface area (Å²) < 4.78 is 42.1. The summed E-state index contributed by atoms with van der Waals surface area (Å²) in [5, 5.41) is 23.6. The third-order valence-corrected chi connectivity index (χ3v) is 18.3. The average molecular weight is 976 g/mol. The molecule has 0 aromatic rings. The molecule has 376 valence electrons. The third-order valence-electron chi connectivity index (χ3n) is 15.2. The normalized spacial score (nSPS) is 42.2. The molecule has 1 amide bonds. The van der Waals surface area contributed by atoms with Gasteiger partial charge in [-0.3, -0.25) is 19.2 Å². The first-order chi connectivity index (χ1) is 31.7. The van der Waals surface area contributed by atoms with Gasteiger partial charge in [-0.05, 0) is 107 Å². The highest BCUT2D eigenvalue weighted by atomic mass is 32.7. The highest BCUT2D eigenvalue weighted by molar-refractivity contribution is 8.51. The second-order valence-electron chi connectivity index (χ2n) is 20.1. The average Bonchev–Trinajstić information content (AvgIpc) is 3.29. The fraction of sp³-hybridized carbons (Fsp3) is 0.745. The van der Waals surface area contributed by atoms with Gasteiger partial charge in [0.25, 0.3) is 11.7 Å². The van der Waals surface area contributed by atoms with Crippen LogP contribution < -0.4 is 0 Å². The van der Waals surface area contributed by atoms with Crippen LogP contribution in [0.25, 0.3) is 0 Å². The van der Waals surface area contributed by atoms with E-state index < -0.39 is 90.7 Å². The molecule has 1 aliphatic carbocycles. The molecule has 4 bridgehead atoms. The fourth-order valence-corrected chi connectivity index (χ4v) is 14.4. The quantitative estimate of drug-likeness (QED) is 0.112. The Morgan fingerprint density at radius 2 is 1.63 bits per heavy atom. The van der Waals surface area contributed by atoms with Gasteiger partial charge in [0, 0.05) is 69.6 Å². The summed E-state index contributed by atoms with van der Waals surface area (Å²) in [7, 11) is 2.81. The van der Waals surface area contributed by atoms with Crippen molar-refractivity contribution in [2.24, 2.45) is 41.4 Å². The zero-order valence-corrected chi connectivity index (χ0v) is 43.2. The number of allylic oxidation sites excluding steroid dienone is 6. The van der Waals surface area contributed by atoms with E-state index in [9.17, 15) is 38.8 Å². The fourth-order valence-electron chi connectivity index (χ4n) is 11.3. The van der Waals surface area contributed by atoms with Crippen LogP contribution in [0.15, 0.2) is 47.6 Å². The molecule has 14 nitrogen and oxygen atoms in total. The number of fused-ring (bicyclic) bond motifs is 4. The Balaban J connectivity index is 1.51. The zero-order valence-electron chi connectivity index (χ0n) is 41.4. The van der Waals surface area contributed by atoms with Gasteiger partial charge in [-0.1, -0.05) is 75.5 Å². The second kappa shape index (κ2) is 24.9. The highest BCUT2D eigenvalue weighted by Crippen LogP contribution is 2.49. The van der Waals surface area contributed by atoms with Crippen LogP contribution in [0, 0.1) is 41.4 Å². The van der Waals surface area contributed by atoms with Gasteiger partial charge in [0.2, 0.25) is 5.79 Å². The SMILES string of the molecule is COC1CC(C[C@H]2C3CCCN4C(=O)C(=O)C5(O)O[C@@H](CCC5C)C[C@H](OC)/C(C)=C/C=C/C=C/C(C)CC(C)C(=O)[C@H](OC)C(O)/C(C)=C/C(C)C(=O)C[C@@H]2OC(=O)C34)CCC1S[PH](C)=O. The van der Waals surface area contributed by atoms with Crippen LogP contribution in [-0.4, -0.2) is 133 Å². The van der Waals surface area contributed by atoms with Crippen LogP contribution in [0.2, 0.25) is 0 Å². The largest absolute Gasteiger partial charge is 0.460 e. The van der Waals surface area contributed by atoms with Crippen molar-refractivity contribution in [3.05, 3.63) is 47.6 Å². The van der Waals surface area contributed by atoms with Gasteiger partial charge >= 0.3 is 5.97 Å². The Bertz CT molecular complexity index is 1920. The lowest BCUT2D eigenvalue weighted by atomic mass is 9.68. The first kappa shape index (κ1) is 55.2. The van der Waals surface area contributed by atoms with Crippen LogP contribution in [0.3, 0.4) is 0 Å². The molecule has 0 aromatic heterocycles. The predicted octanol–water partition coefficient (Wildman–Crippen LogP) is 7.25. The predicted molar refractivity (Wildman–Crippen MR) is 259 cm³/mol. The van der Waals surface area contributed by atoms with Crippen molar-refractivity contribution < 1.29 is 62.4 Å². The number of Topliss-reactive ketones (excluding diaryl/α,β-unsaturated/α-hetero) is 3. The lowest BCUT2D eigenvalue weighted by Gasteiger charge is -2.50. The molecule has 67 heavy (non-hydrogen) atoms. The number of hydrogen-bond acceptors (Lipinski definition) is 14. The second-order valence-corrected chi connectivity index (χ2v) is 24.4. The minimum absolute atomic E-state index is 0.0213. The number of ketones is 3. The number of rotatable bonds is 7. The lowest BCUT2D eigenvalue weighted by molar-refractivity contribution is -0.266. The van der Waals surface area contributed by atoms with E-state index in [0.29, 0.717) is 56.9 Å². The van der Waals surface area contributed by atoms with Crippen molar-refractivity contribution in [3.8, 4) is 0 Å². The minimum Gasteiger partial charge on any atom is -0.460 e. The summed E-state index contributed by atoms with van der Waals surface area (Å²) >= 11 is 1.47. The van der Waals surface area contributed by atoms with Crippen LogP contribution in [-0.2, 0) is 52.2 Å². The lowest BCUT2D eigenvalue weighted by Crippen LogP contribution is -2.65. The van der Waals surface area contributed by atoms with Crippen molar-refractivity contribution in [2.45, 2.75) is 166 Å². The molecule has 2 N–H and O–H groups in total. The van der Waals surface area contributed by atoms with Crippen LogP contribution in [0.1, 0.15) is 112 Å². The molecule has 5 rings (SSSR count). The summed E-state index contributed by atoms with van der Waals surface area (Å²) in [4.78, 5) is 72.5. The Hall–Kier alpha value is -2.75. The first-order valence-electron chi connectivity index (χ1n) is 24.4. The Morgan fingerprint density at radius 1 is 0.896 bits per heavy atom. The number of aliphatic hydroxyl groups excluding tert-OH is 1. The minimum atomic E-state index is -2.44. The summed E-state index contributed by atoms with van der Waals surface area (Å²) in [6, 6.07) is -1.12. The summed E-state index contributed by atoms with van der Waals surface area (Å²) in [5.41, 5.74) is 1.28. The molecular formula is C51H78NO13PS. The molecule has 3 saturated heterocycles. The molecule has 4 heterocycles. The van der Waals surface area contributed by atoms with Crippen molar-refractivity contribution in [1.82, 2.24) is 4.90 Å². The summed E-state index contributed by atoms with van der Waals surface area (Å²) in [6.45, 7) is 12.6. The van der Waals surface area contributed by atoms with Gasteiger partial charge in [-0.25, -0.2) is 4.79 Å². The Labute approximate surface area is 402 Å². The molecule has 1 saturated carbocycles. The molecule has 4 fully saturated rings. The number of esters is 1. The van der Waals surface area contributed by atoms with Crippen molar-refractivity contribution in [3.63, 3.8) is 0 Å². The number of ether oxygens (including phenoxy) is 5. The van der Waals surface area contributed by atoms with Gasteiger partial charge in [-0.2, -0.15) is 0 Å². The molecule has 12 unspecified atom stereocenters. The number of carbonyl (C=O) groups is 5.